The van der Waals surface area contributed by atoms with Crippen LogP contribution in [0.4, 0.5) is 8.78 Å². The molecule has 0 unspecified atom stereocenters. The van der Waals surface area contributed by atoms with Crippen molar-refractivity contribution in [2.45, 2.75) is 11.4 Å². The van der Waals surface area contributed by atoms with Crippen LogP contribution in [-0.2, 0) is 21.3 Å². The molecule has 2 rings (SSSR count). The minimum atomic E-state index is -4.07. The predicted molar refractivity (Wildman–Crippen MR) is 80.1 cm³/mol. The van der Waals surface area contributed by atoms with Gasteiger partial charge in [-0.1, -0.05) is 6.07 Å². The minimum Gasteiger partial charge on any atom is -0.383 e. The SMILES string of the molecule is COCCN(Cc1cccnc1)S(=O)(=O)c1cc(F)cc(F)c1. The van der Waals surface area contributed by atoms with Crippen molar-refractivity contribution in [1.82, 2.24) is 9.29 Å². The molecule has 0 aliphatic heterocycles. The molecule has 0 N–H and O–H groups in total. The van der Waals surface area contributed by atoms with Crippen molar-refractivity contribution in [2.24, 2.45) is 0 Å². The first-order valence-corrected chi connectivity index (χ1v) is 8.21. The van der Waals surface area contributed by atoms with E-state index in [1.807, 2.05) is 0 Å². The van der Waals surface area contributed by atoms with Crippen LogP contribution in [0, 0.1) is 11.6 Å². The maximum Gasteiger partial charge on any atom is 0.243 e. The molecule has 0 saturated heterocycles. The van der Waals surface area contributed by atoms with E-state index < -0.39 is 26.6 Å². The number of rotatable bonds is 7. The van der Waals surface area contributed by atoms with E-state index in [-0.39, 0.29) is 19.7 Å². The summed E-state index contributed by atoms with van der Waals surface area (Å²) in [4.78, 5) is 3.49. The Labute approximate surface area is 133 Å². The van der Waals surface area contributed by atoms with Gasteiger partial charge in [-0.2, -0.15) is 4.31 Å². The lowest BCUT2D eigenvalue weighted by Crippen LogP contribution is -2.33. The molecular formula is C15H16F2N2O3S. The molecule has 1 aromatic heterocycles. The van der Waals surface area contributed by atoms with Gasteiger partial charge in [0, 0.05) is 38.7 Å². The molecule has 0 atom stereocenters. The highest BCUT2D eigenvalue weighted by molar-refractivity contribution is 7.89. The number of benzene rings is 1. The van der Waals surface area contributed by atoms with Crippen LogP contribution in [0.2, 0.25) is 0 Å². The lowest BCUT2D eigenvalue weighted by Gasteiger charge is -2.22. The Morgan fingerprint density at radius 2 is 1.91 bits per heavy atom. The number of aromatic nitrogens is 1. The number of hydrogen-bond donors (Lipinski definition) is 0. The van der Waals surface area contributed by atoms with Gasteiger partial charge in [0.15, 0.2) is 0 Å². The lowest BCUT2D eigenvalue weighted by molar-refractivity contribution is 0.177. The van der Waals surface area contributed by atoms with Gasteiger partial charge in [-0.15, -0.1) is 0 Å². The number of methoxy groups -OCH3 is 1. The molecule has 5 nitrogen and oxygen atoms in total. The van der Waals surface area contributed by atoms with E-state index in [9.17, 15) is 17.2 Å². The van der Waals surface area contributed by atoms with Gasteiger partial charge >= 0.3 is 0 Å². The number of halogens is 2. The first-order valence-electron chi connectivity index (χ1n) is 6.77. The van der Waals surface area contributed by atoms with Crippen LogP contribution in [0.3, 0.4) is 0 Å². The predicted octanol–water partition coefficient (Wildman–Crippen LogP) is 2.20. The molecule has 8 heteroatoms. The Hall–Kier alpha value is -1.90. The molecule has 1 aromatic carbocycles. The zero-order valence-electron chi connectivity index (χ0n) is 12.4. The van der Waals surface area contributed by atoms with Crippen LogP contribution >= 0.6 is 0 Å². The van der Waals surface area contributed by atoms with Crippen LogP contribution in [0.5, 0.6) is 0 Å². The van der Waals surface area contributed by atoms with Crippen molar-refractivity contribution in [3.63, 3.8) is 0 Å². The Bertz CT molecular complexity index is 734. The summed E-state index contributed by atoms with van der Waals surface area (Å²) in [6.45, 7) is 0.223. The summed E-state index contributed by atoms with van der Waals surface area (Å²) < 4.78 is 58.0. The third-order valence-corrected chi connectivity index (χ3v) is 4.92. The second kappa shape index (κ2) is 7.58. The summed E-state index contributed by atoms with van der Waals surface area (Å²) in [6.07, 6.45) is 3.10. The molecule has 0 saturated carbocycles. The number of nitrogens with zero attached hydrogens (tertiary/aromatic N) is 2. The largest absolute Gasteiger partial charge is 0.383 e. The van der Waals surface area contributed by atoms with Crippen molar-refractivity contribution in [2.75, 3.05) is 20.3 Å². The Morgan fingerprint density at radius 1 is 1.22 bits per heavy atom. The highest BCUT2D eigenvalue weighted by Gasteiger charge is 2.25. The molecular weight excluding hydrogens is 326 g/mol. The fraction of sp³-hybridized carbons (Fsp3) is 0.267. The second-order valence-electron chi connectivity index (χ2n) is 4.80. The quantitative estimate of drug-likeness (QED) is 0.774. The van der Waals surface area contributed by atoms with Gasteiger partial charge in [0.1, 0.15) is 11.6 Å². The molecule has 0 aliphatic rings. The van der Waals surface area contributed by atoms with Crippen molar-refractivity contribution in [1.29, 1.82) is 0 Å². The maximum absolute atomic E-state index is 13.3. The summed E-state index contributed by atoms with van der Waals surface area (Å²) >= 11 is 0. The van der Waals surface area contributed by atoms with E-state index in [0.717, 1.165) is 16.4 Å². The molecule has 0 aliphatic carbocycles. The van der Waals surface area contributed by atoms with Gasteiger partial charge in [0.05, 0.1) is 11.5 Å². The third-order valence-electron chi connectivity index (χ3n) is 3.10. The van der Waals surface area contributed by atoms with E-state index >= 15 is 0 Å². The van der Waals surface area contributed by atoms with E-state index in [1.54, 1.807) is 18.3 Å². The molecule has 23 heavy (non-hydrogen) atoms. The fourth-order valence-electron chi connectivity index (χ4n) is 2.00. The molecule has 0 bridgehead atoms. The topological polar surface area (TPSA) is 59.5 Å². The van der Waals surface area contributed by atoms with E-state index in [4.69, 9.17) is 4.74 Å². The highest BCUT2D eigenvalue weighted by Crippen LogP contribution is 2.20. The lowest BCUT2D eigenvalue weighted by atomic mass is 10.3. The van der Waals surface area contributed by atoms with Gasteiger partial charge in [0.25, 0.3) is 0 Å². The summed E-state index contributed by atoms with van der Waals surface area (Å²) in [7, 11) is -2.63. The summed E-state index contributed by atoms with van der Waals surface area (Å²) in [6, 6.07) is 5.61. The van der Waals surface area contributed by atoms with E-state index in [2.05, 4.69) is 4.98 Å². The third kappa shape index (κ3) is 4.54. The minimum absolute atomic E-state index is 0.0255. The Morgan fingerprint density at radius 3 is 2.48 bits per heavy atom. The smallest absolute Gasteiger partial charge is 0.243 e. The van der Waals surface area contributed by atoms with Crippen LogP contribution in [0.1, 0.15) is 5.56 Å². The molecule has 0 amide bonds. The van der Waals surface area contributed by atoms with Crippen LogP contribution < -0.4 is 0 Å². The fourth-order valence-corrected chi connectivity index (χ4v) is 3.45. The van der Waals surface area contributed by atoms with Crippen LogP contribution in [0.15, 0.2) is 47.6 Å². The Kier molecular flexibility index (Phi) is 5.75. The van der Waals surface area contributed by atoms with Gasteiger partial charge in [0.2, 0.25) is 10.0 Å². The van der Waals surface area contributed by atoms with Gasteiger partial charge < -0.3 is 4.74 Å². The summed E-state index contributed by atoms with van der Waals surface area (Å²) in [5.74, 6) is -1.90. The molecule has 2 aromatic rings. The summed E-state index contributed by atoms with van der Waals surface area (Å²) in [5.41, 5.74) is 0.657. The van der Waals surface area contributed by atoms with Crippen molar-refractivity contribution >= 4 is 10.0 Å². The normalized spacial score (nSPS) is 11.8. The molecule has 1 heterocycles. The summed E-state index contributed by atoms with van der Waals surface area (Å²) in [5, 5.41) is 0. The number of sulfonamides is 1. The average molecular weight is 342 g/mol. The van der Waals surface area contributed by atoms with Crippen LogP contribution in [-0.4, -0.2) is 38.0 Å². The average Bonchev–Trinajstić information content (AvgIpc) is 2.51. The van der Waals surface area contributed by atoms with Crippen LogP contribution in [0.25, 0.3) is 0 Å². The highest BCUT2D eigenvalue weighted by atomic mass is 32.2. The first-order chi connectivity index (χ1) is 10.9. The Balaban J connectivity index is 2.36. The monoisotopic (exact) mass is 342 g/mol. The van der Waals surface area contributed by atoms with Crippen molar-refractivity contribution in [3.05, 3.63) is 59.9 Å². The zero-order chi connectivity index (χ0) is 16.9. The van der Waals surface area contributed by atoms with Crippen molar-refractivity contribution < 1.29 is 21.9 Å². The maximum atomic E-state index is 13.3. The first kappa shape index (κ1) is 17.5. The second-order valence-corrected chi connectivity index (χ2v) is 6.74. The molecule has 0 spiro atoms. The number of ether oxygens (including phenoxy) is 1. The van der Waals surface area contributed by atoms with Gasteiger partial charge in [-0.3, -0.25) is 4.98 Å². The standard InChI is InChI=1S/C15H16F2N2O3S/c1-22-6-5-19(11-12-3-2-4-18-10-12)23(20,21)15-8-13(16)7-14(17)9-15/h2-4,7-10H,5-6,11H2,1H3. The number of pyridine rings is 1. The molecule has 0 radical (unpaired) electrons. The van der Waals surface area contributed by atoms with E-state index in [0.29, 0.717) is 11.6 Å². The zero-order valence-corrected chi connectivity index (χ0v) is 13.3. The number of hydrogen-bond acceptors (Lipinski definition) is 4. The van der Waals surface area contributed by atoms with E-state index in [1.165, 1.54) is 13.3 Å². The van der Waals surface area contributed by atoms with Gasteiger partial charge in [-0.25, -0.2) is 17.2 Å². The molecule has 0 fully saturated rings. The van der Waals surface area contributed by atoms with Gasteiger partial charge in [-0.05, 0) is 23.8 Å². The van der Waals surface area contributed by atoms with Crippen molar-refractivity contribution in [3.8, 4) is 0 Å². The molecule has 124 valence electrons.